The molecular weight excluding hydrogens is 540 g/mol. The number of nitrogens with zero attached hydrogens (tertiary/aromatic N) is 6. The van der Waals surface area contributed by atoms with Crippen LogP contribution in [0.1, 0.15) is 0 Å². The van der Waals surface area contributed by atoms with Gasteiger partial charge in [0.1, 0.15) is 11.4 Å². The molecule has 0 bridgehead atoms. The van der Waals surface area contributed by atoms with Crippen LogP contribution in [0.5, 0.6) is 34.5 Å². The molecule has 0 aliphatic heterocycles. The number of benzene rings is 3. The largest absolute Gasteiger partial charge is 0.493 e. The van der Waals surface area contributed by atoms with E-state index < -0.39 is 0 Å². The molecule has 0 aliphatic carbocycles. The van der Waals surface area contributed by atoms with Gasteiger partial charge in [0.2, 0.25) is 11.5 Å². The third-order valence-electron chi connectivity index (χ3n) is 6.42. The molecule has 214 valence electrons. The zero-order valence-electron chi connectivity index (χ0n) is 23.9. The van der Waals surface area contributed by atoms with Gasteiger partial charge in [-0.1, -0.05) is 18.2 Å². The lowest BCUT2D eigenvalue weighted by atomic mass is 10.1. The fourth-order valence-corrected chi connectivity index (χ4v) is 4.33. The van der Waals surface area contributed by atoms with Crippen molar-refractivity contribution in [1.82, 2.24) is 30.4 Å². The summed E-state index contributed by atoms with van der Waals surface area (Å²) in [4.78, 5) is 9.07. The Labute approximate surface area is 242 Å². The third kappa shape index (κ3) is 5.42. The molecule has 12 heteroatoms. The Morgan fingerprint density at radius 3 is 1.10 bits per heavy atom. The Bertz CT molecular complexity index is 1520. The van der Waals surface area contributed by atoms with Gasteiger partial charge in [0.25, 0.3) is 0 Å². The highest BCUT2D eigenvalue weighted by atomic mass is 16.5. The molecule has 3 aromatic carbocycles. The number of rotatable bonds is 10. The average Bonchev–Trinajstić information content (AvgIpc) is 3.06. The monoisotopic (exact) mass is 568 g/mol. The maximum absolute atomic E-state index is 5.44. The minimum atomic E-state index is 0.440. The van der Waals surface area contributed by atoms with Crippen molar-refractivity contribution in [1.29, 1.82) is 0 Å². The molecule has 0 saturated heterocycles. The Kier molecular flexibility index (Phi) is 8.23. The molecule has 0 N–H and O–H groups in total. The van der Waals surface area contributed by atoms with Gasteiger partial charge in [-0.2, -0.15) is 0 Å². The maximum atomic E-state index is 5.44. The molecule has 0 spiro atoms. The molecule has 42 heavy (non-hydrogen) atoms. The molecule has 0 fully saturated rings. The van der Waals surface area contributed by atoms with Crippen LogP contribution in [0.4, 0.5) is 0 Å². The predicted octanol–water partition coefficient (Wildman–Crippen LogP) is 4.78. The average molecular weight is 569 g/mol. The van der Waals surface area contributed by atoms with Crippen LogP contribution in [-0.2, 0) is 0 Å². The van der Waals surface area contributed by atoms with Crippen LogP contribution < -0.4 is 28.4 Å². The predicted molar refractivity (Wildman–Crippen MR) is 154 cm³/mol. The van der Waals surface area contributed by atoms with Crippen LogP contribution in [0.25, 0.3) is 45.3 Å². The second-order valence-corrected chi connectivity index (χ2v) is 8.74. The van der Waals surface area contributed by atoms with Crippen LogP contribution in [0.2, 0.25) is 0 Å². The molecule has 2 heterocycles. The van der Waals surface area contributed by atoms with Gasteiger partial charge in [-0.15, -0.1) is 20.4 Å². The Morgan fingerprint density at radius 1 is 0.429 bits per heavy atom. The van der Waals surface area contributed by atoms with Gasteiger partial charge >= 0.3 is 0 Å². The molecule has 0 aliphatic rings. The highest BCUT2D eigenvalue weighted by Crippen LogP contribution is 2.42. The first-order valence-electron chi connectivity index (χ1n) is 12.6. The molecule has 12 nitrogen and oxygen atoms in total. The molecule has 0 atom stereocenters. The van der Waals surface area contributed by atoms with E-state index in [2.05, 4.69) is 30.4 Å². The lowest BCUT2D eigenvalue weighted by Gasteiger charge is -2.13. The fraction of sp³-hybridized carbons (Fsp3) is 0.200. The van der Waals surface area contributed by atoms with Gasteiger partial charge in [-0.25, -0.2) is 9.97 Å². The van der Waals surface area contributed by atoms with E-state index in [1.54, 1.807) is 79.3 Å². The standard InChI is InChI=1S/C30H28N6O6/c1-37-23-11-19(12-24(38-2)27(23)41-5)21-15-31-29(35-33-21)17-8-7-9-18(10-17)30-32-16-22(34-36-30)20-13-25(39-3)28(42-6)26(14-20)40-4/h7-16H,1-6H3. The minimum Gasteiger partial charge on any atom is -0.493 e. The molecule has 0 saturated carbocycles. The van der Waals surface area contributed by atoms with E-state index in [9.17, 15) is 0 Å². The molecule has 0 amide bonds. The van der Waals surface area contributed by atoms with Gasteiger partial charge in [-0.05, 0) is 30.3 Å². The quantitative estimate of drug-likeness (QED) is 0.230. The first-order chi connectivity index (χ1) is 20.5. The molecule has 0 unspecified atom stereocenters. The number of aromatic nitrogens is 6. The number of ether oxygens (including phenoxy) is 6. The summed E-state index contributed by atoms with van der Waals surface area (Å²) in [5.74, 6) is 3.90. The summed E-state index contributed by atoms with van der Waals surface area (Å²) in [6.07, 6.45) is 3.28. The van der Waals surface area contributed by atoms with Crippen molar-refractivity contribution >= 4 is 0 Å². The van der Waals surface area contributed by atoms with Gasteiger partial charge < -0.3 is 28.4 Å². The second kappa shape index (κ2) is 12.3. The highest BCUT2D eigenvalue weighted by Gasteiger charge is 2.17. The van der Waals surface area contributed by atoms with Crippen molar-refractivity contribution in [3.8, 4) is 79.8 Å². The normalized spacial score (nSPS) is 10.6. The Balaban J connectivity index is 1.41. The maximum Gasteiger partial charge on any atom is 0.203 e. The van der Waals surface area contributed by atoms with Crippen LogP contribution in [0.3, 0.4) is 0 Å². The smallest absolute Gasteiger partial charge is 0.203 e. The van der Waals surface area contributed by atoms with E-state index in [0.29, 0.717) is 57.5 Å². The van der Waals surface area contributed by atoms with E-state index in [-0.39, 0.29) is 0 Å². The SMILES string of the molecule is COc1cc(-c2cnc(-c3cccc(-c4ncc(-c5cc(OC)c(OC)c(OC)c5)nn4)c3)nn2)cc(OC)c1OC. The first kappa shape index (κ1) is 28.0. The molecular formula is C30H28N6O6. The summed E-state index contributed by atoms with van der Waals surface area (Å²) in [5.41, 5.74) is 4.02. The van der Waals surface area contributed by atoms with Crippen molar-refractivity contribution < 1.29 is 28.4 Å². The summed E-state index contributed by atoms with van der Waals surface area (Å²) < 4.78 is 32.6. The number of hydrogen-bond acceptors (Lipinski definition) is 12. The Morgan fingerprint density at radius 2 is 0.810 bits per heavy atom. The first-order valence-corrected chi connectivity index (χ1v) is 12.6. The fourth-order valence-electron chi connectivity index (χ4n) is 4.33. The lowest BCUT2D eigenvalue weighted by Crippen LogP contribution is -1.99. The van der Waals surface area contributed by atoms with Crippen molar-refractivity contribution in [2.75, 3.05) is 42.7 Å². The minimum absolute atomic E-state index is 0.440. The topological polar surface area (TPSA) is 133 Å². The van der Waals surface area contributed by atoms with E-state index >= 15 is 0 Å². The van der Waals surface area contributed by atoms with E-state index in [0.717, 1.165) is 22.3 Å². The van der Waals surface area contributed by atoms with E-state index in [4.69, 9.17) is 28.4 Å². The van der Waals surface area contributed by atoms with Crippen LogP contribution >= 0.6 is 0 Å². The van der Waals surface area contributed by atoms with Gasteiger partial charge in [-0.3, -0.25) is 0 Å². The molecule has 5 aromatic rings. The van der Waals surface area contributed by atoms with Gasteiger partial charge in [0.15, 0.2) is 34.6 Å². The summed E-state index contributed by atoms with van der Waals surface area (Å²) in [7, 11) is 9.33. The summed E-state index contributed by atoms with van der Waals surface area (Å²) in [6, 6.07) is 14.7. The van der Waals surface area contributed by atoms with Gasteiger partial charge in [0, 0.05) is 22.3 Å². The zero-order chi connectivity index (χ0) is 29.6. The lowest BCUT2D eigenvalue weighted by molar-refractivity contribution is 0.324. The Hall–Kier alpha value is -5.52. The van der Waals surface area contributed by atoms with E-state index in [1.807, 2.05) is 24.3 Å². The second-order valence-electron chi connectivity index (χ2n) is 8.74. The van der Waals surface area contributed by atoms with Crippen LogP contribution in [-0.4, -0.2) is 73.0 Å². The van der Waals surface area contributed by atoms with Gasteiger partial charge in [0.05, 0.1) is 55.1 Å². The van der Waals surface area contributed by atoms with Crippen molar-refractivity contribution in [2.24, 2.45) is 0 Å². The number of methoxy groups -OCH3 is 6. The van der Waals surface area contributed by atoms with E-state index in [1.165, 1.54) is 0 Å². The van der Waals surface area contributed by atoms with Crippen LogP contribution in [0, 0.1) is 0 Å². The van der Waals surface area contributed by atoms with Crippen molar-refractivity contribution in [3.63, 3.8) is 0 Å². The summed E-state index contributed by atoms with van der Waals surface area (Å²) in [5, 5.41) is 17.5. The molecule has 0 radical (unpaired) electrons. The summed E-state index contributed by atoms with van der Waals surface area (Å²) in [6.45, 7) is 0. The zero-order valence-corrected chi connectivity index (χ0v) is 23.9. The van der Waals surface area contributed by atoms with Crippen molar-refractivity contribution in [2.45, 2.75) is 0 Å². The van der Waals surface area contributed by atoms with Crippen LogP contribution in [0.15, 0.2) is 60.9 Å². The molecule has 5 rings (SSSR count). The molecule has 2 aromatic heterocycles. The number of hydrogen-bond donors (Lipinski definition) is 0. The highest BCUT2D eigenvalue weighted by molar-refractivity contribution is 5.71. The van der Waals surface area contributed by atoms with Crippen molar-refractivity contribution in [3.05, 3.63) is 60.9 Å². The summed E-state index contributed by atoms with van der Waals surface area (Å²) >= 11 is 0. The third-order valence-corrected chi connectivity index (χ3v) is 6.42.